The quantitative estimate of drug-likeness (QED) is 0.938. The molecule has 0 radical (unpaired) electrons. The summed E-state index contributed by atoms with van der Waals surface area (Å²) in [5, 5.41) is 9.78. The van der Waals surface area contributed by atoms with Gasteiger partial charge < -0.3 is 14.6 Å². The molecule has 5 nitrogen and oxygen atoms in total. The summed E-state index contributed by atoms with van der Waals surface area (Å²) < 4.78 is 11.8. The van der Waals surface area contributed by atoms with Crippen molar-refractivity contribution in [3.63, 3.8) is 0 Å². The maximum atomic E-state index is 11.9. The van der Waals surface area contributed by atoms with Gasteiger partial charge in [0.25, 0.3) is 0 Å². The molecule has 0 saturated carbocycles. The molecule has 112 valence electrons. The van der Waals surface area contributed by atoms with E-state index in [0.29, 0.717) is 12.4 Å². The fourth-order valence-corrected chi connectivity index (χ4v) is 1.70. The highest BCUT2D eigenvalue weighted by Gasteiger charge is 2.20. The molecule has 5 heteroatoms. The molecule has 1 aromatic carbocycles. The zero-order chi connectivity index (χ0) is 15.5. The molecule has 1 aromatic heterocycles. The Morgan fingerprint density at radius 1 is 1.24 bits per heavy atom. The molecule has 2 aromatic rings. The molecule has 21 heavy (non-hydrogen) atoms. The fraction of sp³-hybridized carbons (Fsp3) is 0.312. The molecule has 2 rings (SSSR count). The number of hydrogen-bond donors (Lipinski definition) is 1. The van der Waals surface area contributed by atoms with Gasteiger partial charge in [0.2, 0.25) is 5.88 Å². The molecule has 0 atom stereocenters. The van der Waals surface area contributed by atoms with Gasteiger partial charge in [-0.1, -0.05) is 30.3 Å². The van der Waals surface area contributed by atoms with E-state index in [9.17, 15) is 9.90 Å². The van der Waals surface area contributed by atoms with Crippen LogP contribution < -0.4 is 4.74 Å². The summed E-state index contributed by atoms with van der Waals surface area (Å²) in [5.41, 5.74) is 0.376. The van der Waals surface area contributed by atoms with E-state index in [1.54, 1.807) is 20.8 Å². The number of nitrogens with zero attached hydrogens (tertiary/aromatic N) is 1. The highest BCUT2D eigenvalue weighted by molar-refractivity contribution is 5.73. The lowest BCUT2D eigenvalue weighted by molar-refractivity contribution is 0.0525. The van der Waals surface area contributed by atoms with Crippen LogP contribution in [0.15, 0.2) is 42.6 Å². The Morgan fingerprint density at radius 3 is 2.52 bits per heavy atom. The standard InChI is InChI=1S/C16H19NO4/c1-16(2,3)21-15(19)17-10-13(9-14(17)18)20-11-12-7-5-4-6-8-12/h4-10,18H,11H2,1-3H3. The van der Waals surface area contributed by atoms with Crippen molar-refractivity contribution in [1.29, 1.82) is 0 Å². The number of carbonyl (C=O) groups excluding carboxylic acids is 1. The third-order valence-electron chi connectivity index (χ3n) is 2.61. The molecular formula is C16H19NO4. The van der Waals surface area contributed by atoms with E-state index in [2.05, 4.69) is 0 Å². The summed E-state index contributed by atoms with van der Waals surface area (Å²) in [7, 11) is 0. The molecular weight excluding hydrogens is 270 g/mol. The van der Waals surface area contributed by atoms with Crippen LogP contribution in [0, 0.1) is 0 Å². The van der Waals surface area contributed by atoms with Gasteiger partial charge in [-0.2, -0.15) is 0 Å². The van der Waals surface area contributed by atoms with E-state index in [1.807, 2.05) is 30.3 Å². The predicted molar refractivity (Wildman–Crippen MR) is 78.5 cm³/mol. The van der Waals surface area contributed by atoms with Gasteiger partial charge >= 0.3 is 6.09 Å². The normalized spacial score (nSPS) is 11.2. The SMILES string of the molecule is CC(C)(C)OC(=O)n1cc(OCc2ccccc2)cc1O. The van der Waals surface area contributed by atoms with E-state index in [4.69, 9.17) is 9.47 Å². The fourth-order valence-electron chi connectivity index (χ4n) is 1.70. The van der Waals surface area contributed by atoms with Crippen LogP contribution in [-0.2, 0) is 11.3 Å². The first-order chi connectivity index (χ1) is 9.85. The Labute approximate surface area is 123 Å². The minimum absolute atomic E-state index is 0.215. The second-order valence-corrected chi connectivity index (χ2v) is 5.66. The number of rotatable bonds is 3. The highest BCUT2D eigenvalue weighted by atomic mass is 16.6. The van der Waals surface area contributed by atoms with Crippen molar-refractivity contribution < 1.29 is 19.4 Å². The molecule has 0 unspecified atom stereocenters. The lowest BCUT2D eigenvalue weighted by Crippen LogP contribution is -2.26. The Kier molecular flexibility index (Phi) is 4.21. The van der Waals surface area contributed by atoms with E-state index < -0.39 is 11.7 Å². The van der Waals surface area contributed by atoms with Crippen molar-refractivity contribution in [1.82, 2.24) is 4.57 Å². The van der Waals surface area contributed by atoms with Gasteiger partial charge in [-0.15, -0.1) is 0 Å². The van der Waals surface area contributed by atoms with Crippen molar-refractivity contribution in [2.24, 2.45) is 0 Å². The smallest absolute Gasteiger partial charge is 0.421 e. The summed E-state index contributed by atoms with van der Waals surface area (Å²) in [4.78, 5) is 11.9. The Hall–Kier alpha value is -2.43. The summed E-state index contributed by atoms with van der Waals surface area (Å²) in [6.45, 7) is 5.65. The second kappa shape index (κ2) is 5.91. The largest absolute Gasteiger partial charge is 0.494 e. The van der Waals surface area contributed by atoms with Gasteiger partial charge in [0, 0.05) is 6.07 Å². The maximum Gasteiger partial charge on any atom is 0.421 e. The number of benzene rings is 1. The second-order valence-electron chi connectivity index (χ2n) is 5.66. The molecule has 0 aliphatic carbocycles. The van der Waals surface area contributed by atoms with Crippen molar-refractivity contribution >= 4 is 6.09 Å². The van der Waals surface area contributed by atoms with Gasteiger partial charge in [-0.25, -0.2) is 9.36 Å². The molecule has 1 N–H and O–H groups in total. The van der Waals surface area contributed by atoms with Gasteiger partial charge in [-0.05, 0) is 26.3 Å². The maximum absolute atomic E-state index is 11.9. The molecule has 0 saturated heterocycles. The van der Waals surface area contributed by atoms with Gasteiger partial charge in [-0.3, -0.25) is 0 Å². The molecule has 0 fully saturated rings. The highest BCUT2D eigenvalue weighted by Crippen LogP contribution is 2.24. The first-order valence-corrected chi connectivity index (χ1v) is 6.66. The third-order valence-corrected chi connectivity index (χ3v) is 2.61. The van der Waals surface area contributed by atoms with Crippen LogP contribution in [0.4, 0.5) is 4.79 Å². The Morgan fingerprint density at radius 2 is 1.90 bits per heavy atom. The first-order valence-electron chi connectivity index (χ1n) is 6.66. The average molecular weight is 289 g/mol. The lowest BCUT2D eigenvalue weighted by Gasteiger charge is -2.19. The number of hydrogen-bond acceptors (Lipinski definition) is 4. The van der Waals surface area contributed by atoms with Crippen molar-refractivity contribution in [3.8, 4) is 11.6 Å². The molecule has 0 amide bonds. The van der Waals surface area contributed by atoms with Gasteiger partial charge in [0.1, 0.15) is 18.0 Å². The van der Waals surface area contributed by atoms with E-state index >= 15 is 0 Å². The van der Waals surface area contributed by atoms with Crippen LogP contribution in [0.25, 0.3) is 0 Å². The van der Waals surface area contributed by atoms with Crippen LogP contribution in [-0.4, -0.2) is 21.4 Å². The Bertz CT molecular complexity index is 611. The predicted octanol–water partition coefficient (Wildman–Crippen LogP) is 3.56. The molecule has 0 aliphatic rings. The zero-order valence-electron chi connectivity index (χ0n) is 12.4. The summed E-state index contributed by atoms with van der Waals surface area (Å²) >= 11 is 0. The van der Waals surface area contributed by atoms with Crippen molar-refractivity contribution in [2.75, 3.05) is 0 Å². The third kappa shape index (κ3) is 4.27. The summed E-state index contributed by atoms with van der Waals surface area (Å²) in [6.07, 6.45) is 0.765. The van der Waals surface area contributed by atoms with Crippen LogP contribution in [0.5, 0.6) is 11.6 Å². The number of ether oxygens (including phenoxy) is 2. The first kappa shape index (κ1) is 15.0. The summed E-state index contributed by atoms with van der Waals surface area (Å²) in [5.74, 6) is 0.189. The van der Waals surface area contributed by atoms with E-state index in [0.717, 1.165) is 10.1 Å². The van der Waals surface area contributed by atoms with Crippen LogP contribution in [0.1, 0.15) is 26.3 Å². The molecule has 0 aliphatic heterocycles. The van der Waals surface area contributed by atoms with Gasteiger partial charge in [0.15, 0.2) is 0 Å². The topological polar surface area (TPSA) is 60.7 Å². The zero-order valence-corrected chi connectivity index (χ0v) is 12.4. The number of aromatic hydroxyl groups is 1. The van der Waals surface area contributed by atoms with E-state index in [1.165, 1.54) is 12.3 Å². The molecule has 0 bridgehead atoms. The minimum Gasteiger partial charge on any atom is -0.494 e. The van der Waals surface area contributed by atoms with Gasteiger partial charge in [0.05, 0.1) is 6.20 Å². The minimum atomic E-state index is -0.644. The average Bonchev–Trinajstić information content (AvgIpc) is 2.77. The molecule has 1 heterocycles. The van der Waals surface area contributed by atoms with Crippen molar-refractivity contribution in [3.05, 3.63) is 48.2 Å². The molecule has 0 spiro atoms. The van der Waals surface area contributed by atoms with Crippen molar-refractivity contribution in [2.45, 2.75) is 33.0 Å². The number of carbonyl (C=O) groups is 1. The van der Waals surface area contributed by atoms with Crippen LogP contribution in [0.2, 0.25) is 0 Å². The Balaban J connectivity index is 2.04. The lowest BCUT2D eigenvalue weighted by atomic mass is 10.2. The van der Waals surface area contributed by atoms with E-state index in [-0.39, 0.29) is 5.88 Å². The van der Waals surface area contributed by atoms with Crippen LogP contribution in [0.3, 0.4) is 0 Å². The summed E-state index contributed by atoms with van der Waals surface area (Å²) in [6, 6.07) is 11.0. The van der Waals surface area contributed by atoms with Crippen LogP contribution >= 0.6 is 0 Å². The number of aromatic nitrogens is 1. The monoisotopic (exact) mass is 289 g/mol.